The van der Waals surface area contributed by atoms with E-state index in [4.69, 9.17) is 0 Å². The normalized spacial score (nSPS) is 11.7. The molecule has 0 saturated heterocycles. The van der Waals surface area contributed by atoms with Crippen LogP contribution in [0.5, 0.6) is 5.75 Å². The summed E-state index contributed by atoms with van der Waals surface area (Å²) in [5, 5.41) is 16.8. The van der Waals surface area contributed by atoms with E-state index in [1.807, 2.05) is 25.1 Å². The van der Waals surface area contributed by atoms with E-state index in [0.29, 0.717) is 17.4 Å². The van der Waals surface area contributed by atoms with Crippen molar-refractivity contribution < 1.29 is 9.90 Å². The van der Waals surface area contributed by atoms with Gasteiger partial charge in [-0.05, 0) is 39.6 Å². The van der Waals surface area contributed by atoms with Gasteiger partial charge in [-0.3, -0.25) is 4.79 Å². The van der Waals surface area contributed by atoms with Gasteiger partial charge in [0.05, 0.1) is 0 Å². The molecule has 2 heteroatoms. The summed E-state index contributed by atoms with van der Waals surface area (Å²) in [7, 11) is 0. The van der Waals surface area contributed by atoms with Gasteiger partial charge >= 0.3 is 0 Å². The van der Waals surface area contributed by atoms with Crippen molar-refractivity contribution in [2.75, 3.05) is 0 Å². The molecule has 0 saturated carbocycles. The van der Waals surface area contributed by atoms with Crippen LogP contribution in [0.3, 0.4) is 0 Å². The molecule has 0 amide bonds. The molecule has 1 N–H and O–H groups in total. The second-order valence-electron chi connectivity index (χ2n) is 6.05. The van der Waals surface area contributed by atoms with Gasteiger partial charge in [-0.2, -0.15) is 0 Å². The smallest absolute Gasteiger partial charge is 0.163 e. The van der Waals surface area contributed by atoms with Crippen molar-refractivity contribution in [3.05, 3.63) is 53.6 Å². The summed E-state index contributed by atoms with van der Waals surface area (Å²) in [6.07, 6.45) is 1.35. The summed E-state index contributed by atoms with van der Waals surface area (Å²) in [5.41, 5.74) is 1.84. The van der Waals surface area contributed by atoms with Crippen molar-refractivity contribution in [2.45, 2.75) is 26.7 Å². The third-order valence-corrected chi connectivity index (χ3v) is 4.84. The highest BCUT2D eigenvalue weighted by Crippen LogP contribution is 2.42. The number of benzene rings is 4. The van der Waals surface area contributed by atoms with E-state index in [1.165, 1.54) is 5.56 Å². The molecular formula is C21H18O2. The second kappa shape index (κ2) is 4.95. The quantitative estimate of drug-likeness (QED) is 0.404. The van der Waals surface area contributed by atoms with Gasteiger partial charge in [0.2, 0.25) is 0 Å². The molecule has 0 aliphatic heterocycles. The van der Waals surface area contributed by atoms with Crippen LogP contribution in [-0.4, -0.2) is 10.9 Å². The van der Waals surface area contributed by atoms with Crippen LogP contribution in [0.1, 0.15) is 36.2 Å². The molecule has 0 spiro atoms. The summed E-state index contributed by atoms with van der Waals surface area (Å²) >= 11 is 0. The number of phenols is 1. The third kappa shape index (κ3) is 1.84. The van der Waals surface area contributed by atoms with Gasteiger partial charge in [-0.15, -0.1) is 0 Å². The molecule has 0 radical (unpaired) electrons. The maximum absolute atomic E-state index is 12.3. The number of ketones is 1. The Morgan fingerprint density at radius 2 is 1.57 bits per heavy atom. The summed E-state index contributed by atoms with van der Waals surface area (Å²) < 4.78 is 0. The lowest BCUT2D eigenvalue weighted by molar-refractivity contribution is 0.0989. The number of aromatic hydroxyl groups is 1. The van der Waals surface area contributed by atoms with Gasteiger partial charge in [-0.1, -0.05) is 50.2 Å². The average Bonchev–Trinajstić information content (AvgIpc) is 2.59. The lowest BCUT2D eigenvalue weighted by Gasteiger charge is -2.16. The Labute approximate surface area is 134 Å². The highest BCUT2D eigenvalue weighted by molar-refractivity contribution is 6.28. The molecule has 0 aromatic heterocycles. The molecule has 0 bridgehead atoms. The zero-order valence-electron chi connectivity index (χ0n) is 13.3. The Morgan fingerprint density at radius 3 is 2.26 bits per heavy atom. The first kappa shape index (κ1) is 14.0. The van der Waals surface area contributed by atoms with Crippen LogP contribution < -0.4 is 0 Å². The largest absolute Gasteiger partial charge is 0.507 e. The maximum Gasteiger partial charge on any atom is 0.163 e. The van der Waals surface area contributed by atoms with E-state index in [2.05, 4.69) is 31.2 Å². The number of carbonyl (C=O) groups excluding carboxylic acids is 1. The van der Waals surface area contributed by atoms with E-state index in [0.717, 1.165) is 33.4 Å². The molecule has 0 fully saturated rings. The van der Waals surface area contributed by atoms with Crippen molar-refractivity contribution in [2.24, 2.45) is 0 Å². The molecule has 23 heavy (non-hydrogen) atoms. The molecule has 0 aliphatic carbocycles. The summed E-state index contributed by atoms with van der Waals surface area (Å²) in [6.45, 7) is 3.97. The Morgan fingerprint density at radius 1 is 0.913 bits per heavy atom. The van der Waals surface area contributed by atoms with Gasteiger partial charge in [0.1, 0.15) is 5.75 Å². The number of Topliss-reactive ketones (excluding diaryl/α,β-unsaturated/α-hetero) is 1. The standard InChI is InChI=1S/C21H18O2/c1-3-12-5-6-13-7-8-14-9-10-15(17(22)4-2)21-18(23)11-16(12)19(13)20(14)21/h5-11,23H,3-4H2,1-2H3. The number of aryl methyl sites for hydroxylation is 1. The zero-order valence-corrected chi connectivity index (χ0v) is 13.3. The van der Waals surface area contributed by atoms with Crippen LogP contribution in [0.4, 0.5) is 0 Å². The number of hydrogen-bond donors (Lipinski definition) is 1. The number of hydrogen-bond acceptors (Lipinski definition) is 2. The van der Waals surface area contributed by atoms with Gasteiger partial charge < -0.3 is 5.11 Å². The lowest BCUT2D eigenvalue weighted by Crippen LogP contribution is -1.99. The van der Waals surface area contributed by atoms with Crippen LogP contribution >= 0.6 is 0 Å². The van der Waals surface area contributed by atoms with E-state index in [9.17, 15) is 9.90 Å². The Kier molecular flexibility index (Phi) is 3.02. The van der Waals surface area contributed by atoms with Crippen molar-refractivity contribution in [1.29, 1.82) is 0 Å². The molecule has 0 atom stereocenters. The average molecular weight is 302 g/mol. The highest BCUT2D eigenvalue weighted by atomic mass is 16.3. The molecule has 0 aliphatic rings. The minimum absolute atomic E-state index is 0.0638. The molecule has 114 valence electrons. The molecule has 4 aromatic carbocycles. The summed E-state index contributed by atoms with van der Waals surface area (Å²) in [6, 6.07) is 14.1. The highest BCUT2D eigenvalue weighted by Gasteiger charge is 2.18. The molecule has 2 nitrogen and oxygen atoms in total. The van der Waals surface area contributed by atoms with Gasteiger partial charge in [0, 0.05) is 22.8 Å². The minimum Gasteiger partial charge on any atom is -0.507 e. The fourth-order valence-electron chi connectivity index (χ4n) is 3.67. The topological polar surface area (TPSA) is 37.3 Å². The van der Waals surface area contributed by atoms with Gasteiger partial charge in [-0.25, -0.2) is 0 Å². The van der Waals surface area contributed by atoms with Gasteiger partial charge in [0.25, 0.3) is 0 Å². The van der Waals surface area contributed by atoms with Crippen molar-refractivity contribution in [3.63, 3.8) is 0 Å². The van der Waals surface area contributed by atoms with Crippen LogP contribution in [0.15, 0.2) is 42.5 Å². The third-order valence-electron chi connectivity index (χ3n) is 4.84. The van der Waals surface area contributed by atoms with Crippen LogP contribution in [0.2, 0.25) is 0 Å². The monoisotopic (exact) mass is 302 g/mol. The van der Waals surface area contributed by atoms with Crippen molar-refractivity contribution >= 4 is 38.1 Å². The minimum atomic E-state index is 0.0638. The SMILES string of the molecule is CCC(=O)c1ccc2ccc3ccc(CC)c4cc(O)c1c2c34. The fourth-order valence-corrected chi connectivity index (χ4v) is 3.67. The Hall–Kier alpha value is -2.61. The van der Waals surface area contributed by atoms with E-state index >= 15 is 0 Å². The van der Waals surface area contributed by atoms with Gasteiger partial charge in [0.15, 0.2) is 5.78 Å². The number of rotatable bonds is 3. The van der Waals surface area contributed by atoms with E-state index < -0.39 is 0 Å². The second-order valence-corrected chi connectivity index (χ2v) is 6.05. The number of carbonyl (C=O) groups is 1. The van der Waals surface area contributed by atoms with Crippen molar-refractivity contribution in [3.8, 4) is 5.75 Å². The summed E-state index contributed by atoms with van der Waals surface area (Å²) in [5.74, 6) is 0.266. The lowest BCUT2D eigenvalue weighted by atomic mass is 9.88. The molecule has 4 aromatic rings. The fraction of sp³-hybridized carbons (Fsp3) is 0.190. The van der Waals surface area contributed by atoms with E-state index in [1.54, 1.807) is 0 Å². The molecule has 4 rings (SSSR count). The predicted molar refractivity (Wildman–Crippen MR) is 95.8 cm³/mol. The molecule has 0 unspecified atom stereocenters. The van der Waals surface area contributed by atoms with E-state index in [-0.39, 0.29) is 11.5 Å². The Bertz CT molecular complexity index is 1060. The predicted octanol–water partition coefficient (Wildman–Crippen LogP) is 5.44. The first-order valence-corrected chi connectivity index (χ1v) is 8.11. The summed E-state index contributed by atoms with van der Waals surface area (Å²) in [4.78, 5) is 12.3. The zero-order chi connectivity index (χ0) is 16.1. The number of phenolic OH excluding ortho intramolecular Hbond substituents is 1. The Balaban J connectivity index is 2.32. The molecule has 0 heterocycles. The van der Waals surface area contributed by atoms with Crippen LogP contribution in [0, 0.1) is 0 Å². The first-order chi connectivity index (χ1) is 11.2. The molecular weight excluding hydrogens is 284 g/mol. The van der Waals surface area contributed by atoms with Crippen molar-refractivity contribution in [1.82, 2.24) is 0 Å². The van der Waals surface area contributed by atoms with Crippen LogP contribution in [-0.2, 0) is 6.42 Å². The van der Waals surface area contributed by atoms with Crippen LogP contribution in [0.25, 0.3) is 32.3 Å². The maximum atomic E-state index is 12.3. The first-order valence-electron chi connectivity index (χ1n) is 8.11.